The van der Waals surface area contributed by atoms with Gasteiger partial charge in [0.2, 0.25) is 5.91 Å². The summed E-state index contributed by atoms with van der Waals surface area (Å²) in [6.07, 6.45) is 0.0832. The Morgan fingerprint density at radius 3 is 2.65 bits per heavy atom. The summed E-state index contributed by atoms with van der Waals surface area (Å²) in [7, 11) is 0. The highest BCUT2D eigenvalue weighted by Gasteiger charge is 2.45. The smallest absolute Gasteiger partial charge is 0.309 e. The van der Waals surface area contributed by atoms with E-state index >= 15 is 0 Å². The van der Waals surface area contributed by atoms with Crippen molar-refractivity contribution in [2.75, 3.05) is 6.54 Å². The van der Waals surface area contributed by atoms with Crippen molar-refractivity contribution >= 4 is 55.1 Å². The van der Waals surface area contributed by atoms with Crippen LogP contribution in [0, 0.1) is 11.8 Å². The second-order valence-electron chi connectivity index (χ2n) is 5.30. The van der Waals surface area contributed by atoms with E-state index in [-0.39, 0.29) is 18.4 Å². The van der Waals surface area contributed by atoms with E-state index in [9.17, 15) is 14.7 Å². The molecular weight excluding hydrogens is 410 g/mol. The fourth-order valence-corrected chi connectivity index (χ4v) is 4.75. The Morgan fingerprint density at radius 2 is 2.20 bits per heavy atom. The minimum absolute atomic E-state index is 0.0725. The number of carboxylic acid groups (broad SMARTS) is 1. The van der Waals surface area contributed by atoms with Crippen molar-refractivity contribution in [3.8, 4) is 0 Å². The molecule has 1 N–H and O–H groups in total. The molecule has 1 aliphatic heterocycles. The number of amides is 1. The van der Waals surface area contributed by atoms with Crippen molar-refractivity contribution in [3.05, 3.63) is 19.2 Å². The molecule has 1 amide bonds. The van der Waals surface area contributed by atoms with Crippen molar-refractivity contribution in [1.29, 1.82) is 0 Å². The number of aliphatic carboxylic acids is 1. The lowest BCUT2D eigenvalue weighted by Crippen LogP contribution is -2.33. The van der Waals surface area contributed by atoms with Crippen molar-refractivity contribution < 1.29 is 14.7 Å². The molecule has 2 unspecified atom stereocenters. The summed E-state index contributed by atoms with van der Waals surface area (Å²) >= 11 is 8.32. The zero-order valence-corrected chi connectivity index (χ0v) is 15.1. The van der Waals surface area contributed by atoms with Gasteiger partial charge in [0.05, 0.1) is 15.7 Å². The van der Waals surface area contributed by atoms with E-state index in [0.29, 0.717) is 12.5 Å². The van der Waals surface area contributed by atoms with Gasteiger partial charge in [0.15, 0.2) is 0 Å². The summed E-state index contributed by atoms with van der Waals surface area (Å²) in [6, 6.07) is 1.54. The number of carboxylic acids is 1. The maximum atomic E-state index is 12.1. The number of thiophene rings is 1. The highest BCUT2D eigenvalue weighted by Crippen LogP contribution is 2.44. The average Bonchev–Trinajstić information content (AvgIpc) is 2.81. The minimum Gasteiger partial charge on any atom is -0.481 e. The summed E-state index contributed by atoms with van der Waals surface area (Å²) in [5, 5.41) is 9.39. The Kier molecular flexibility index (Phi) is 4.92. The number of nitrogens with zero attached hydrogens (tertiary/aromatic N) is 1. The summed E-state index contributed by atoms with van der Waals surface area (Å²) in [6.45, 7) is 4.64. The molecule has 4 nitrogen and oxygen atoms in total. The first kappa shape index (κ1) is 16.0. The first-order valence-corrected chi connectivity index (χ1v) is 8.68. The first-order chi connectivity index (χ1) is 9.31. The van der Waals surface area contributed by atoms with Gasteiger partial charge in [-0.15, -0.1) is 11.3 Å². The van der Waals surface area contributed by atoms with Crippen LogP contribution in [-0.2, 0) is 9.59 Å². The zero-order chi connectivity index (χ0) is 15.0. The monoisotopic (exact) mass is 423 g/mol. The molecule has 0 aromatic carbocycles. The van der Waals surface area contributed by atoms with Crippen molar-refractivity contribution in [3.63, 3.8) is 0 Å². The Hall–Kier alpha value is -0.400. The van der Waals surface area contributed by atoms with Gasteiger partial charge >= 0.3 is 5.97 Å². The van der Waals surface area contributed by atoms with Gasteiger partial charge in [0.1, 0.15) is 0 Å². The molecule has 2 atom stereocenters. The second kappa shape index (κ2) is 6.15. The third kappa shape index (κ3) is 3.09. The minimum atomic E-state index is -0.907. The molecule has 1 aromatic heterocycles. The lowest BCUT2D eigenvalue weighted by atomic mass is 9.99. The lowest BCUT2D eigenvalue weighted by Gasteiger charge is -2.27. The number of hydrogen-bond acceptors (Lipinski definition) is 3. The SMILES string of the molecule is CC(C)CN1C(=O)CC(C(=O)O)C1c1cc(Br)c(Br)s1. The normalized spacial score (nSPS) is 22.9. The van der Waals surface area contributed by atoms with Crippen LogP contribution < -0.4 is 0 Å². The molecule has 0 saturated carbocycles. The number of hydrogen-bond donors (Lipinski definition) is 1. The van der Waals surface area contributed by atoms with Gasteiger partial charge in [-0.25, -0.2) is 0 Å². The van der Waals surface area contributed by atoms with Crippen LogP contribution in [0.3, 0.4) is 0 Å². The molecule has 2 rings (SSSR count). The van der Waals surface area contributed by atoms with Crippen molar-refractivity contribution in [2.45, 2.75) is 26.3 Å². The average molecular weight is 425 g/mol. The van der Waals surface area contributed by atoms with Crippen LogP contribution in [0.25, 0.3) is 0 Å². The summed E-state index contributed by atoms with van der Waals surface area (Å²) in [4.78, 5) is 26.2. The largest absolute Gasteiger partial charge is 0.481 e. The van der Waals surface area contributed by atoms with Crippen molar-refractivity contribution in [2.24, 2.45) is 11.8 Å². The topological polar surface area (TPSA) is 57.6 Å². The van der Waals surface area contributed by atoms with Crippen LogP contribution in [0.15, 0.2) is 14.3 Å². The summed E-state index contributed by atoms with van der Waals surface area (Å²) < 4.78 is 1.81. The quantitative estimate of drug-likeness (QED) is 0.797. The van der Waals surface area contributed by atoms with Crippen LogP contribution in [0.4, 0.5) is 0 Å². The zero-order valence-electron chi connectivity index (χ0n) is 11.1. The molecule has 110 valence electrons. The van der Waals surface area contributed by atoms with Gasteiger partial charge in [-0.1, -0.05) is 13.8 Å². The third-order valence-corrected chi connectivity index (χ3v) is 6.59. The Bertz CT molecular complexity index is 524. The number of likely N-dealkylation sites (tertiary alicyclic amines) is 1. The molecule has 0 spiro atoms. The van der Waals surface area contributed by atoms with E-state index in [2.05, 4.69) is 31.9 Å². The molecular formula is C13H15Br2NO3S. The van der Waals surface area contributed by atoms with Crippen LogP contribution in [0.5, 0.6) is 0 Å². The van der Waals surface area contributed by atoms with E-state index < -0.39 is 11.9 Å². The predicted molar refractivity (Wildman–Crippen MR) is 84.8 cm³/mol. The standard InChI is InChI=1S/C13H15Br2NO3S/c1-6(2)5-16-10(17)3-7(13(18)19)11(16)9-4-8(14)12(15)20-9/h4,6-7,11H,3,5H2,1-2H3,(H,18,19). The number of carbonyl (C=O) groups excluding carboxylic acids is 1. The summed E-state index contributed by atoms with van der Waals surface area (Å²) in [5.74, 6) is -1.34. The van der Waals surface area contributed by atoms with Gasteiger partial charge in [-0.05, 0) is 43.8 Å². The molecule has 0 radical (unpaired) electrons. The molecule has 2 heterocycles. The van der Waals surface area contributed by atoms with E-state index in [1.807, 2.05) is 19.9 Å². The molecule has 0 bridgehead atoms. The highest BCUT2D eigenvalue weighted by atomic mass is 79.9. The molecule has 1 saturated heterocycles. The first-order valence-electron chi connectivity index (χ1n) is 6.28. The molecule has 1 aromatic rings. The van der Waals surface area contributed by atoms with Gasteiger partial charge in [-0.2, -0.15) is 0 Å². The fraction of sp³-hybridized carbons (Fsp3) is 0.538. The maximum absolute atomic E-state index is 12.1. The van der Waals surface area contributed by atoms with Gasteiger partial charge in [0.25, 0.3) is 0 Å². The molecule has 7 heteroatoms. The third-order valence-electron chi connectivity index (χ3n) is 3.27. The number of carbonyl (C=O) groups is 2. The summed E-state index contributed by atoms with van der Waals surface area (Å²) in [5.41, 5.74) is 0. The number of rotatable bonds is 4. The molecule has 1 aliphatic rings. The molecule has 1 fully saturated rings. The van der Waals surface area contributed by atoms with E-state index in [4.69, 9.17) is 0 Å². The van der Waals surface area contributed by atoms with Gasteiger partial charge in [-0.3, -0.25) is 9.59 Å². The highest BCUT2D eigenvalue weighted by molar-refractivity contribution is 9.13. The second-order valence-corrected chi connectivity index (χ2v) is 8.56. The predicted octanol–water partition coefficient (Wildman–Crippen LogP) is 3.90. The van der Waals surface area contributed by atoms with Crippen LogP contribution in [0.2, 0.25) is 0 Å². The van der Waals surface area contributed by atoms with E-state index in [1.165, 1.54) is 11.3 Å². The Morgan fingerprint density at radius 1 is 1.55 bits per heavy atom. The maximum Gasteiger partial charge on any atom is 0.309 e. The van der Waals surface area contributed by atoms with Gasteiger partial charge < -0.3 is 10.0 Å². The Labute approximate surface area is 138 Å². The fourth-order valence-electron chi connectivity index (χ4n) is 2.48. The van der Waals surface area contributed by atoms with Crippen LogP contribution in [0.1, 0.15) is 31.2 Å². The number of halogens is 2. The van der Waals surface area contributed by atoms with Crippen LogP contribution in [-0.4, -0.2) is 28.4 Å². The van der Waals surface area contributed by atoms with E-state index in [0.717, 1.165) is 13.1 Å². The molecule has 20 heavy (non-hydrogen) atoms. The lowest BCUT2D eigenvalue weighted by molar-refractivity contribution is -0.142. The Balaban J connectivity index is 2.40. The van der Waals surface area contributed by atoms with Crippen LogP contribution >= 0.6 is 43.2 Å². The van der Waals surface area contributed by atoms with Crippen molar-refractivity contribution in [1.82, 2.24) is 4.90 Å². The van der Waals surface area contributed by atoms with Gasteiger partial charge in [0, 0.05) is 22.3 Å². The molecule has 0 aliphatic carbocycles. The van der Waals surface area contributed by atoms with E-state index in [1.54, 1.807) is 4.90 Å².